The van der Waals surface area contributed by atoms with Gasteiger partial charge >= 0.3 is 0 Å². The van der Waals surface area contributed by atoms with Gasteiger partial charge in [0.05, 0.1) is 0 Å². The van der Waals surface area contributed by atoms with Crippen molar-refractivity contribution in [2.75, 3.05) is 13.1 Å². The highest BCUT2D eigenvalue weighted by Gasteiger charge is 2.31. The number of likely N-dealkylation sites (tertiary alicyclic amines) is 1. The van der Waals surface area contributed by atoms with Crippen molar-refractivity contribution in [3.8, 4) is 0 Å². The maximum Gasteiger partial charge on any atom is 0.0125 e. The van der Waals surface area contributed by atoms with Crippen LogP contribution in [0.3, 0.4) is 0 Å². The van der Waals surface area contributed by atoms with Gasteiger partial charge in [-0.25, -0.2) is 0 Å². The molecule has 1 fully saturated rings. The highest BCUT2D eigenvalue weighted by molar-refractivity contribution is 4.86. The van der Waals surface area contributed by atoms with Crippen LogP contribution in [-0.4, -0.2) is 23.5 Å². The van der Waals surface area contributed by atoms with Crippen molar-refractivity contribution in [1.82, 2.24) is 4.90 Å². The van der Waals surface area contributed by atoms with Gasteiger partial charge in [0.15, 0.2) is 0 Å². The van der Waals surface area contributed by atoms with Gasteiger partial charge in [0.2, 0.25) is 0 Å². The molecule has 0 unspecified atom stereocenters. The van der Waals surface area contributed by atoms with Gasteiger partial charge in [0.25, 0.3) is 0 Å². The zero-order chi connectivity index (χ0) is 9.07. The molecule has 0 saturated carbocycles. The van der Waals surface area contributed by atoms with Crippen molar-refractivity contribution >= 4 is 0 Å². The van der Waals surface area contributed by atoms with Crippen LogP contribution in [0.5, 0.6) is 0 Å². The average Bonchev–Trinajstić information content (AvgIpc) is 1.84. The normalized spacial score (nSPS) is 20.0. The van der Waals surface area contributed by atoms with E-state index >= 15 is 0 Å². The number of hydrogen-bond donors (Lipinski definition) is 0. The lowest BCUT2D eigenvalue weighted by Gasteiger charge is -2.46. The van der Waals surface area contributed by atoms with Crippen LogP contribution in [0.25, 0.3) is 0 Å². The van der Waals surface area contributed by atoms with Crippen LogP contribution in [0.2, 0.25) is 0 Å². The standard InChI is InChI=1S/C8H17N.C2H4/c1-7-5-9(6-7)8(2,3)4;1-2/h7H,5-6H2,1-4H3;1-2H2. The molecule has 0 bridgehead atoms. The first-order valence-electron chi connectivity index (χ1n) is 4.25. The molecule has 0 atom stereocenters. The molecule has 11 heavy (non-hydrogen) atoms. The quantitative estimate of drug-likeness (QED) is 0.486. The molecular formula is C10H21N. The fraction of sp³-hybridized carbons (Fsp3) is 0.800. The number of nitrogens with zero attached hydrogens (tertiary/aromatic N) is 1. The van der Waals surface area contributed by atoms with E-state index in [-0.39, 0.29) is 0 Å². The maximum absolute atomic E-state index is 3.00. The largest absolute Gasteiger partial charge is 0.298 e. The van der Waals surface area contributed by atoms with E-state index < -0.39 is 0 Å². The van der Waals surface area contributed by atoms with Crippen LogP contribution in [-0.2, 0) is 0 Å². The summed E-state index contributed by atoms with van der Waals surface area (Å²) in [4.78, 5) is 2.51. The first-order valence-corrected chi connectivity index (χ1v) is 4.25. The molecule has 0 aliphatic carbocycles. The van der Waals surface area contributed by atoms with Crippen LogP contribution >= 0.6 is 0 Å². The van der Waals surface area contributed by atoms with E-state index in [1.807, 2.05) is 0 Å². The second-order valence-electron chi connectivity index (χ2n) is 4.18. The lowest BCUT2D eigenvalue weighted by Crippen LogP contribution is -2.54. The summed E-state index contributed by atoms with van der Waals surface area (Å²) in [6.45, 7) is 17.7. The van der Waals surface area contributed by atoms with E-state index in [4.69, 9.17) is 0 Å². The van der Waals surface area contributed by atoms with Gasteiger partial charge in [-0.05, 0) is 26.7 Å². The third kappa shape index (κ3) is 3.06. The first kappa shape index (κ1) is 10.7. The van der Waals surface area contributed by atoms with Crippen molar-refractivity contribution in [3.05, 3.63) is 13.2 Å². The smallest absolute Gasteiger partial charge is 0.0125 e. The van der Waals surface area contributed by atoms with Gasteiger partial charge in [0.1, 0.15) is 0 Å². The van der Waals surface area contributed by atoms with E-state index in [2.05, 4.69) is 45.8 Å². The molecule has 0 N–H and O–H groups in total. The van der Waals surface area contributed by atoms with Gasteiger partial charge in [-0.15, -0.1) is 13.2 Å². The third-order valence-electron chi connectivity index (χ3n) is 2.01. The second kappa shape index (κ2) is 3.91. The summed E-state index contributed by atoms with van der Waals surface area (Å²) in [5.41, 5.74) is 0.409. The minimum Gasteiger partial charge on any atom is -0.298 e. The van der Waals surface area contributed by atoms with Crippen molar-refractivity contribution in [3.63, 3.8) is 0 Å². The highest BCUT2D eigenvalue weighted by Crippen LogP contribution is 2.24. The predicted molar refractivity (Wildman–Crippen MR) is 51.7 cm³/mol. The molecule has 0 amide bonds. The third-order valence-corrected chi connectivity index (χ3v) is 2.01. The second-order valence-corrected chi connectivity index (χ2v) is 4.18. The lowest BCUT2D eigenvalue weighted by atomic mass is 9.94. The van der Waals surface area contributed by atoms with Crippen LogP contribution in [0, 0.1) is 5.92 Å². The van der Waals surface area contributed by atoms with E-state index in [1.165, 1.54) is 13.1 Å². The fourth-order valence-electron chi connectivity index (χ4n) is 1.25. The molecule has 0 aromatic heterocycles. The lowest BCUT2D eigenvalue weighted by molar-refractivity contribution is 0.0224. The van der Waals surface area contributed by atoms with Crippen LogP contribution in [0.1, 0.15) is 27.7 Å². The van der Waals surface area contributed by atoms with E-state index in [0.29, 0.717) is 5.54 Å². The van der Waals surface area contributed by atoms with Gasteiger partial charge in [-0.1, -0.05) is 6.92 Å². The molecule has 1 heterocycles. The Morgan fingerprint density at radius 2 is 1.55 bits per heavy atom. The minimum absolute atomic E-state index is 0.409. The summed E-state index contributed by atoms with van der Waals surface area (Å²) in [5.74, 6) is 0.934. The number of rotatable bonds is 0. The Hall–Kier alpha value is -0.300. The van der Waals surface area contributed by atoms with Crippen LogP contribution < -0.4 is 0 Å². The molecule has 0 aromatic rings. The Labute approximate surface area is 71.1 Å². The van der Waals surface area contributed by atoms with Crippen LogP contribution in [0.4, 0.5) is 0 Å². The summed E-state index contributed by atoms with van der Waals surface area (Å²) >= 11 is 0. The van der Waals surface area contributed by atoms with Crippen molar-refractivity contribution in [2.24, 2.45) is 5.92 Å². The molecule has 0 spiro atoms. The maximum atomic E-state index is 3.00. The van der Waals surface area contributed by atoms with Gasteiger partial charge in [-0.2, -0.15) is 0 Å². The summed E-state index contributed by atoms with van der Waals surface area (Å²) in [6.07, 6.45) is 0. The molecule has 66 valence electrons. The Kier molecular flexibility index (Phi) is 3.81. The molecular weight excluding hydrogens is 134 g/mol. The molecule has 1 saturated heterocycles. The molecule has 1 aliphatic heterocycles. The topological polar surface area (TPSA) is 3.24 Å². The summed E-state index contributed by atoms with van der Waals surface area (Å²) in [7, 11) is 0. The van der Waals surface area contributed by atoms with Crippen molar-refractivity contribution in [2.45, 2.75) is 33.2 Å². The molecule has 1 heteroatoms. The van der Waals surface area contributed by atoms with Gasteiger partial charge in [0, 0.05) is 18.6 Å². The average molecular weight is 155 g/mol. The van der Waals surface area contributed by atoms with Gasteiger partial charge in [-0.3, -0.25) is 4.90 Å². The van der Waals surface area contributed by atoms with Gasteiger partial charge < -0.3 is 0 Å². The summed E-state index contributed by atoms with van der Waals surface area (Å²) < 4.78 is 0. The molecule has 1 rings (SSSR count). The Morgan fingerprint density at radius 3 is 1.64 bits per heavy atom. The van der Waals surface area contributed by atoms with E-state index in [0.717, 1.165) is 5.92 Å². The van der Waals surface area contributed by atoms with Crippen molar-refractivity contribution < 1.29 is 0 Å². The summed E-state index contributed by atoms with van der Waals surface area (Å²) in [6, 6.07) is 0. The first-order chi connectivity index (χ1) is 5.00. The molecule has 0 aromatic carbocycles. The predicted octanol–water partition coefficient (Wildman–Crippen LogP) is 2.54. The molecule has 1 aliphatic rings. The highest BCUT2D eigenvalue weighted by atomic mass is 15.2. The molecule has 1 nitrogen and oxygen atoms in total. The summed E-state index contributed by atoms with van der Waals surface area (Å²) in [5, 5.41) is 0. The SMILES string of the molecule is C=C.CC1CN(C(C)(C)C)C1. The Balaban J connectivity index is 0.000000461. The van der Waals surface area contributed by atoms with E-state index in [9.17, 15) is 0 Å². The molecule has 0 radical (unpaired) electrons. The zero-order valence-corrected chi connectivity index (χ0v) is 8.35. The minimum atomic E-state index is 0.409. The monoisotopic (exact) mass is 155 g/mol. The van der Waals surface area contributed by atoms with Crippen molar-refractivity contribution in [1.29, 1.82) is 0 Å². The van der Waals surface area contributed by atoms with E-state index in [1.54, 1.807) is 0 Å². The Bertz CT molecular complexity index is 107. The fourth-order valence-corrected chi connectivity index (χ4v) is 1.25. The van der Waals surface area contributed by atoms with Crippen LogP contribution in [0.15, 0.2) is 13.2 Å². The zero-order valence-electron chi connectivity index (χ0n) is 8.35. The Morgan fingerprint density at radius 1 is 1.18 bits per heavy atom. The number of hydrogen-bond acceptors (Lipinski definition) is 1.